The summed E-state index contributed by atoms with van der Waals surface area (Å²) in [5.41, 5.74) is 0.679. The smallest absolute Gasteiger partial charge is 0.191 e. The molecule has 0 aliphatic heterocycles. The number of carbonyl (C=O) groups excluding carboxylic acids is 1. The Bertz CT molecular complexity index is 511. The Balaban J connectivity index is 1.96. The van der Waals surface area contributed by atoms with E-state index in [0.29, 0.717) is 10.7 Å². The van der Waals surface area contributed by atoms with Crippen molar-refractivity contribution in [2.75, 3.05) is 0 Å². The molecule has 0 saturated heterocycles. The summed E-state index contributed by atoms with van der Waals surface area (Å²) < 4.78 is 0. The largest absolute Gasteiger partial charge is 0.289 e. The predicted octanol–water partition coefficient (Wildman–Crippen LogP) is 2.97. The van der Waals surface area contributed by atoms with Gasteiger partial charge in [-0.25, -0.2) is 9.97 Å². The van der Waals surface area contributed by atoms with Crippen molar-refractivity contribution in [1.29, 1.82) is 0 Å². The number of carbonyl (C=O) groups is 1. The van der Waals surface area contributed by atoms with Gasteiger partial charge < -0.3 is 0 Å². The Morgan fingerprint density at radius 1 is 1.06 bits per heavy atom. The molecule has 0 spiro atoms. The average Bonchev–Trinajstić information content (AvgIpc) is 2.41. The van der Waals surface area contributed by atoms with Gasteiger partial charge in [-0.1, -0.05) is 42.1 Å². The summed E-state index contributed by atoms with van der Waals surface area (Å²) >= 11 is 1.32. The second-order valence-electron chi connectivity index (χ2n) is 3.18. The number of allylic oxidation sites excluding steroid dienone is 1. The van der Waals surface area contributed by atoms with Crippen LogP contribution in [0.25, 0.3) is 0 Å². The zero-order valence-electron chi connectivity index (χ0n) is 8.98. The summed E-state index contributed by atoms with van der Waals surface area (Å²) in [6.45, 7) is 0. The van der Waals surface area contributed by atoms with Crippen LogP contribution in [0.5, 0.6) is 0 Å². The molecule has 17 heavy (non-hydrogen) atoms. The van der Waals surface area contributed by atoms with E-state index in [4.69, 9.17) is 0 Å². The standard InChI is InChI=1S/C13H10N2OS/c16-12(11-5-2-1-3-6-11)7-10-17-13-14-8-4-9-15-13/h1-10H/b10-7+. The van der Waals surface area contributed by atoms with E-state index in [0.717, 1.165) is 0 Å². The van der Waals surface area contributed by atoms with E-state index in [1.54, 1.807) is 36.0 Å². The van der Waals surface area contributed by atoms with E-state index < -0.39 is 0 Å². The maximum Gasteiger partial charge on any atom is 0.191 e. The first-order valence-corrected chi connectivity index (χ1v) is 5.94. The van der Waals surface area contributed by atoms with E-state index in [1.807, 2.05) is 18.2 Å². The number of hydrogen-bond acceptors (Lipinski definition) is 4. The first-order valence-electron chi connectivity index (χ1n) is 5.06. The number of nitrogens with zero attached hydrogens (tertiary/aromatic N) is 2. The number of benzene rings is 1. The number of hydrogen-bond donors (Lipinski definition) is 0. The molecule has 1 aromatic carbocycles. The first kappa shape index (κ1) is 11.5. The van der Waals surface area contributed by atoms with Crippen LogP contribution in [0, 0.1) is 0 Å². The van der Waals surface area contributed by atoms with Gasteiger partial charge in [0.25, 0.3) is 0 Å². The van der Waals surface area contributed by atoms with Gasteiger partial charge in [0.1, 0.15) is 0 Å². The van der Waals surface area contributed by atoms with Crippen LogP contribution < -0.4 is 0 Å². The summed E-state index contributed by atoms with van der Waals surface area (Å²) in [6, 6.07) is 10.9. The van der Waals surface area contributed by atoms with Crippen LogP contribution in [0.4, 0.5) is 0 Å². The van der Waals surface area contributed by atoms with Crippen LogP contribution in [0.15, 0.2) is 65.4 Å². The SMILES string of the molecule is O=C(/C=C/Sc1ncccn1)c1ccccc1. The molecule has 2 aromatic rings. The Hall–Kier alpha value is -1.94. The van der Waals surface area contributed by atoms with Gasteiger partial charge in [0.2, 0.25) is 0 Å². The number of ketones is 1. The summed E-state index contributed by atoms with van der Waals surface area (Å²) in [7, 11) is 0. The predicted molar refractivity (Wildman–Crippen MR) is 67.8 cm³/mol. The van der Waals surface area contributed by atoms with Gasteiger partial charge in [0, 0.05) is 18.0 Å². The molecular weight excluding hydrogens is 232 g/mol. The van der Waals surface area contributed by atoms with Crippen molar-refractivity contribution >= 4 is 17.5 Å². The Labute approximate surface area is 104 Å². The minimum atomic E-state index is -0.0194. The fourth-order valence-corrected chi connectivity index (χ4v) is 1.76. The summed E-state index contributed by atoms with van der Waals surface area (Å²) in [4.78, 5) is 19.8. The van der Waals surface area contributed by atoms with Crippen LogP contribution in [-0.2, 0) is 0 Å². The average molecular weight is 242 g/mol. The monoisotopic (exact) mass is 242 g/mol. The van der Waals surface area contributed by atoms with Crippen molar-refractivity contribution in [3.8, 4) is 0 Å². The highest BCUT2D eigenvalue weighted by Gasteiger charge is 1.99. The normalized spacial score (nSPS) is 10.6. The summed E-state index contributed by atoms with van der Waals surface area (Å²) in [6.07, 6.45) is 4.86. The van der Waals surface area contributed by atoms with E-state index >= 15 is 0 Å². The molecule has 0 unspecified atom stereocenters. The number of thioether (sulfide) groups is 1. The molecular formula is C13H10N2OS. The minimum Gasteiger partial charge on any atom is -0.289 e. The molecule has 0 aliphatic carbocycles. The first-order chi connectivity index (χ1) is 8.36. The third kappa shape index (κ3) is 3.53. The molecule has 0 atom stereocenters. The van der Waals surface area contributed by atoms with Crippen molar-refractivity contribution < 1.29 is 4.79 Å². The van der Waals surface area contributed by atoms with Crippen molar-refractivity contribution in [3.63, 3.8) is 0 Å². The lowest BCUT2D eigenvalue weighted by atomic mass is 10.1. The van der Waals surface area contributed by atoms with Crippen molar-refractivity contribution in [2.45, 2.75) is 5.16 Å². The highest BCUT2D eigenvalue weighted by molar-refractivity contribution is 8.02. The van der Waals surface area contributed by atoms with E-state index in [-0.39, 0.29) is 5.78 Å². The van der Waals surface area contributed by atoms with Crippen molar-refractivity contribution in [3.05, 3.63) is 65.8 Å². The quantitative estimate of drug-likeness (QED) is 0.358. The fraction of sp³-hybridized carbons (Fsp3) is 0. The second-order valence-corrected chi connectivity index (χ2v) is 4.06. The number of aromatic nitrogens is 2. The molecule has 3 nitrogen and oxygen atoms in total. The number of rotatable bonds is 4. The van der Waals surface area contributed by atoms with Crippen LogP contribution in [0.3, 0.4) is 0 Å². The molecule has 84 valence electrons. The molecule has 0 aliphatic rings. The van der Waals surface area contributed by atoms with Crippen LogP contribution in [0.1, 0.15) is 10.4 Å². The summed E-state index contributed by atoms with van der Waals surface area (Å²) in [5, 5.41) is 2.33. The highest BCUT2D eigenvalue weighted by atomic mass is 32.2. The third-order valence-electron chi connectivity index (χ3n) is 1.99. The van der Waals surface area contributed by atoms with Crippen LogP contribution in [-0.4, -0.2) is 15.8 Å². The second kappa shape index (κ2) is 5.96. The van der Waals surface area contributed by atoms with E-state index in [9.17, 15) is 4.79 Å². The van der Waals surface area contributed by atoms with Crippen molar-refractivity contribution in [2.24, 2.45) is 0 Å². The molecule has 0 amide bonds. The van der Waals surface area contributed by atoms with Crippen molar-refractivity contribution in [1.82, 2.24) is 9.97 Å². The maximum absolute atomic E-state index is 11.7. The van der Waals surface area contributed by atoms with E-state index in [1.165, 1.54) is 17.8 Å². The minimum absolute atomic E-state index is 0.0194. The van der Waals surface area contributed by atoms with Gasteiger partial charge in [-0.15, -0.1) is 0 Å². The Morgan fingerprint density at radius 2 is 1.76 bits per heavy atom. The van der Waals surface area contributed by atoms with Crippen LogP contribution >= 0.6 is 11.8 Å². The molecule has 0 saturated carbocycles. The molecule has 0 radical (unpaired) electrons. The lowest BCUT2D eigenvalue weighted by molar-refractivity contribution is 0.104. The molecule has 4 heteroatoms. The van der Waals surface area contributed by atoms with E-state index in [2.05, 4.69) is 9.97 Å². The molecule has 2 rings (SSSR count). The highest BCUT2D eigenvalue weighted by Crippen LogP contribution is 2.13. The zero-order valence-corrected chi connectivity index (χ0v) is 9.80. The molecule has 0 fully saturated rings. The Morgan fingerprint density at radius 3 is 2.47 bits per heavy atom. The maximum atomic E-state index is 11.7. The molecule has 1 aromatic heterocycles. The lowest BCUT2D eigenvalue weighted by Gasteiger charge is -1.94. The molecule has 1 heterocycles. The zero-order chi connectivity index (χ0) is 11.9. The van der Waals surface area contributed by atoms with Gasteiger partial charge in [0.15, 0.2) is 10.9 Å². The Kier molecular flexibility index (Phi) is 4.05. The van der Waals surface area contributed by atoms with Gasteiger partial charge >= 0.3 is 0 Å². The third-order valence-corrected chi connectivity index (χ3v) is 2.69. The van der Waals surface area contributed by atoms with Gasteiger partial charge in [-0.2, -0.15) is 0 Å². The lowest BCUT2D eigenvalue weighted by Crippen LogP contribution is -1.92. The van der Waals surface area contributed by atoms with Crippen LogP contribution in [0.2, 0.25) is 0 Å². The fourth-order valence-electron chi connectivity index (χ4n) is 1.20. The molecule has 0 bridgehead atoms. The van der Waals surface area contributed by atoms with Gasteiger partial charge in [-0.05, 0) is 17.6 Å². The summed E-state index contributed by atoms with van der Waals surface area (Å²) in [5.74, 6) is -0.0194. The topological polar surface area (TPSA) is 42.9 Å². The van der Waals surface area contributed by atoms with Gasteiger partial charge in [-0.3, -0.25) is 4.79 Å². The molecule has 0 N–H and O–H groups in total. The van der Waals surface area contributed by atoms with Gasteiger partial charge in [0.05, 0.1) is 0 Å².